The van der Waals surface area contributed by atoms with Gasteiger partial charge in [-0.2, -0.15) is 8.78 Å². The molecule has 0 bridgehead atoms. The second-order valence-corrected chi connectivity index (χ2v) is 5.85. The molecule has 2 aliphatic heterocycles. The van der Waals surface area contributed by atoms with Crippen LogP contribution in [0.4, 0.5) is 14.5 Å². The summed E-state index contributed by atoms with van der Waals surface area (Å²) < 4.78 is 35.1. The van der Waals surface area contributed by atoms with Crippen LogP contribution in [0.1, 0.15) is 6.42 Å². The van der Waals surface area contributed by atoms with Crippen molar-refractivity contribution in [3.05, 3.63) is 24.3 Å². The predicted octanol–water partition coefficient (Wildman–Crippen LogP) is 0.971. The fourth-order valence-electron chi connectivity index (χ4n) is 3.04. The van der Waals surface area contributed by atoms with E-state index in [1.165, 1.54) is 6.07 Å². The maximum atomic E-state index is 12.5. The number of amides is 1. The van der Waals surface area contributed by atoms with Gasteiger partial charge >= 0.3 is 6.61 Å². The Morgan fingerprint density at radius 1 is 1.42 bits per heavy atom. The average Bonchev–Trinajstić information content (AvgIpc) is 3.04. The van der Waals surface area contributed by atoms with E-state index in [2.05, 4.69) is 15.4 Å². The number of ether oxygens (including phenoxy) is 2. The molecule has 0 spiro atoms. The third-order valence-corrected chi connectivity index (χ3v) is 4.18. The minimum atomic E-state index is -2.86. The van der Waals surface area contributed by atoms with Gasteiger partial charge in [-0.15, -0.1) is 0 Å². The lowest BCUT2D eigenvalue weighted by Gasteiger charge is -2.25. The molecular formula is C16H21F2N3O3. The third kappa shape index (κ3) is 4.12. The van der Waals surface area contributed by atoms with Crippen LogP contribution in [0.5, 0.6) is 5.75 Å². The predicted molar refractivity (Wildman–Crippen MR) is 84.4 cm³/mol. The van der Waals surface area contributed by atoms with Gasteiger partial charge in [-0.05, 0) is 18.6 Å². The van der Waals surface area contributed by atoms with Crippen LogP contribution >= 0.6 is 0 Å². The highest BCUT2D eigenvalue weighted by atomic mass is 19.3. The van der Waals surface area contributed by atoms with Crippen LogP contribution in [0.2, 0.25) is 0 Å². The van der Waals surface area contributed by atoms with Crippen LogP contribution in [0.25, 0.3) is 0 Å². The van der Waals surface area contributed by atoms with Gasteiger partial charge in [0.05, 0.1) is 12.3 Å². The van der Waals surface area contributed by atoms with Crippen LogP contribution in [-0.4, -0.2) is 57.5 Å². The number of nitrogens with one attached hydrogen (secondary N) is 2. The molecule has 0 radical (unpaired) electrons. The number of benzene rings is 1. The summed E-state index contributed by atoms with van der Waals surface area (Å²) in [4.78, 5) is 14.1. The summed E-state index contributed by atoms with van der Waals surface area (Å²) in [6, 6.07) is 6.67. The summed E-state index contributed by atoms with van der Waals surface area (Å²) in [6.07, 6.45) is 0.275. The van der Waals surface area contributed by atoms with Crippen molar-refractivity contribution in [2.24, 2.45) is 0 Å². The summed E-state index contributed by atoms with van der Waals surface area (Å²) in [5.41, 5.74) is 0.616. The number of rotatable bonds is 5. The Kier molecular flexibility index (Phi) is 5.47. The third-order valence-electron chi connectivity index (χ3n) is 4.18. The summed E-state index contributed by atoms with van der Waals surface area (Å²) in [5.74, 6) is 0.0189. The number of anilines is 1. The van der Waals surface area contributed by atoms with E-state index in [0.29, 0.717) is 31.9 Å². The Labute approximate surface area is 139 Å². The van der Waals surface area contributed by atoms with E-state index < -0.39 is 12.7 Å². The number of halogens is 2. The summed E-state index contributed by atoms with van der Waals surface area (Å²) >= 11 is 0. The van der Waals surface area contributed by atoms with E-state index >= 15 is 0 Å². The maximum Gasteiger partial charge on any atom is 0.387 e. The van der Waals surface area contributed by atoms with E-state index in [4.69, 9.17) is 4.74 Å². The van der Waals surface area contributed by atoms with Crippen molar-refractivity contribution in [3.63, 3.8) is 0 Å². The zero-order valence-corrected chi connectivity index (χ0v) is 13.2. The Bertz CT molecular complexity index is 567. The second kappa shape index (κ2) is 7.76. The molecule has 2 atom stereocenters. The number of carbonyl (C=O) groups is 1. The number of hydrogen-bond donors (Lipinski definition) is 2. The quantitative estimate of drug-likeness (QED) is 0.836. The molecule has 3 rings (SSSR count). The van der Waals surface area contributed by atoms with Gasteiger partial charge in [0.2, 0.25) is 0 Å². The van der Waals surface area contributed by atoms with Gasteiger partial charge in [-0.25, -0.2) is 0 Å². The molecule has 2 fully saturated rings. The lowest BCUT2D eigenvalue weighted by molar-refractivity contribution is -0.134. The summed E-state index contributed by atoms with van der Waals surface area (Å²) in [6.45, 7) is 0.135. The molecule has 8 heteroatoms. The Morgan fingerprint density at radius 3 is 3.00 bits per heavy atom. The van der Waals surface area contributed by atoms with E-state index in [-0.39, 0.29) is 17.7 Å². The normalized spacial score (nSPS) is 24.2. The Hall–Kier alpha value is -1.93. The van der Waals surface area contributed by atoms with E-state index in [1.54, 1.807) is 18.2 Å². The Balaban J connectivity index is 1.58. The van der Waals surface area contributed by atoms with E-state index in [1.807, 2.05) is 4.90 Å². The number of alkyl halides is 2. The lowest BCUT2D eigenvalue weighted by atomic mass is 10.2. The number of nitrogens with zero attached hydrogens (tertiary/aromatic N) is 1. The highest BCUT2D eigenvalue weighted by molar-refractivity contribution is 5.81. The van der Waals surface area contributed by atoms with Gasteiger partial charge in [0.25, 0.3) is 5.91 Å². The van der Waals surface area contributed by atoms with Gasteiger partial charge in [0.15, 0.2) is 0 Å². The second-order valence-electron chi connectivity index (χ2n) is 5.85. The van der Waals surface area contributed by atoms with Crippen molar-refractivity contribution in [1.29, 1.82) is 0 Å². The van der Waals surface area contributed by atoms with E-state index in [9.17, 15) is 13.6 Å². The number of carbonyl (C=O) groups excluding carboxylic acids is 1. The van der Waals surface area contributed by atoms with Crippen LogP contribution in [-0.2, 0) is 9.53 Å². The lowest BCUT2D eigenvalue weighted by Crippen LogP contribution is -2.50. The molecule has 2 unspecified atom stereocenters. The molecule has 2 saturated heterocycles. The van der Waals surface area contributed by atoms with Crippen molar-refractivity contribution in [3.8, 4) is 5.75 Å². The maximum absolute atomic E-state index is 12.5. The van der Waals surface area contributed by atoms with Gasteiger partial charge in [-0.1, -0.05) is 12.1 Å². The standard InChI is InChI=1S/C16H21F2N3O3/c17-16(18)24-13-4-2-1-3-12(13)21-7-5-11(10-21)20-15(22)14-9-19-6-8-23-14/h1-4,11,14,16,19H,5-10H2,(H,20,22). The molecule has 2 aliphatic rings. The van der Waals surface area contributed by atoms with Crippen molar-refractivity contribution in [2.45, 2.75) is 25.2 Å². The topological polar surface area (TPSA) is 62.8 Å². The molecular weight excluding hydrogens is 320 g/mol. The zero-order chi connectivity index (χ0) is 16.9. The first-order chi connectivity index (χ1) is 11.6. The number of morpholine rings is 1. The van der Waals surface area contributed by atoms with Gasteiger partial charge in [0.1, 0.15) is 11.9 Å². The minimum Gasteiger partial charge on any atom is -0.433 e. The molecule has 24 heavy (non-hydrogen) atoms. The highest BCUT2D eigenvalue weighted by Gasteiger charge is 2.29. The SMILES string of the molecule is O=C(NC1CCN(c2ccccc2OC(F)F)C1)C1CNCCO1. The molecule has 2 heterocycles. The first kappa shape index (κ1) is 16.9. The van der Waals surface area contributed by atoms with Crippen LogP contribution < -0.4 is 20.3 Å². The minimum absolute atomic E-state index is 0.0392. The fraction of sp³-hybridized carbons (Fsp3) is 0.562. The van der Waals surface area contributed by atoms with Crippen molar-refractivity contribution in [2.75, 3.05) is 37.7 Å². The zero-order valence-electron chi connectivity index (χ0n) is 13.2. The van der Waals surface area contributed by atoms with Crippen molar-refractivity contribution in [1.82, 2.24) is 10.6 Å². The van der Waals surface area contributed by atoms with Gasteiger partial charge in [0, 0.05) is 32.2 Å². The van der Waals surface area contributed by atoms with E-state index in [0.717, 1.165) is 13.0 Å². The Morgan fingerprint density at radius 2 is 2.25 bits per heavy atom. The molecule has 1 aromatic carbocycles. The highest BCUT2D eigenvalue weighted by Crippen LogP contribution is 2.31. The first-order valence-corrected chi connectivity index (χ1v) is 8.05. The monoisotopic (exact) mass is 341 g/mol. The van der Waals surface area contributed by atoms with Crippen molar-refractivity contribution >= 4 is 11.6 Å². The average molecular weight is 341 g/mol. The van der Waals surface area contributed by atoms with Gasteiger partial charge < -0.3 is 25.0 Å². The van der Waals surface area contributed by atoms with Crippen LogP contribution in [0.15, 0.2) is 24.3 Å². The molecule has 6 nitrogen and oxygen atoms in total. The molecule has 0 aliphatic carbocycles. The summed E-state index contributed by atoms with van der Waals surface area (Å²) in [5, 5.41) is 6.09. The molecule has 2 N–H and O–H groups in total. The smallest absolute Gasteiger partial charge is 0.387 e. The first-order valence-electron chi connectivity index (χ1n) is 8.05. The van der Waals surface area contributed by atoms with Crippen LogP contribution in [0, 0.1) is 0 Å². The van der Waals surface area contributed by atoms with Crippen molar-refractivity contribution < 1.29 is 23.0 Å². The number of hydrogen-bond acceptors (Lipinski definition) is 5. The van der Waals surface area contributed by atoms with Gasteiger partial charge in [-0.3, -0.25) is 4.79 Å². The largest absolute Gasteiger partial charge is 0.433 e. The summed E-state index contributed by atoms with van der Waals surface area (Å²) in [7, 11) is 0. The molecule has 1 aromatic rings. The molecule has 1 amide bonds. The molecule has 132 valence electrons. The van der Waals surface area contributed by atoms with Crippen LogP contribution in [0.3, 0.4) is 0 Å². The number of para-hydroxylation sites is 2. The fourth-order valence-corrected chi connectivity index (χ4v) is 3.04. The molecule has 0 aromatic heterocycles. The molecule has 0 saturated carbocycles.